The van der Waals surface area contributed by atoms with Gasteiger partial charge in [0, 0.05) is 11.6 Å². The smallest absolute Gasteiger partial charge is 0.336 e. The Morgan fingerprint density at radius 3 is 2.14 bits per heavy atom. The standard InChI is InChI=1S/C18H16O3/c1-13-3-5-15(6-4-13)7-12-18(20)21-17-10-8-16(9-11-17)14(2)19/h3-12H,1-2H3. The second-order valence-electron chi connectivity index (χ2n) is 4.75. The summed E-state index contributed by atoms with van der Waals surface area (Å²) in [6.07, 6.45) is 3.08. The van der Waals surface area contributed by atoms with Gasteiger partial charge in [0.05, 0.1) is 0 Å². The molecule has 0 aliphatic carbocycles. The fourth-order valence-electron chi connectivity index (χ4n) is 1.75. The monoisotopic (exact) mass is 280 g/mol. The van der Waals surface area contributed by atoms with Crippen LogP contribution in [-0.2, 0) is 4.79 Å². The maximum absolute atomic E-state index is 11.7. The Bertz CT molecular complexity index is 665. The van der Waals surface area contributed by atoms with Gasteiger partial charge in [-0.1, -0.05) is 29.8 Å². The predicted octanol–water partition coefficient (Wildman–Crippen LogP) is 3.82. The minimum absolute atomic E-state index is 0.0212. The highest BCUT2D eigenvalue weighted by atomic mass is 16.5. The van der Waals surface area contributed by atoms with Crippen LogP contribution in [0.5, 0.6) is 5.75 Å². The van der Waals surface area contributed by atoms with E-state index in [-0.39, 0.29) is 5.78 Å². The summed E-state index contributed by atoms with van der Waals surface area (Å²) in [5, 5.41) is 0. The molecule has 2 rings (SSSR count). The van der Waals surface area contributed by atoms with Crippen molar-refractivity contribution in [3.8, 4) is 5.75 Å². The summed E-state index contributed by atoms with van der Waals surface area (Å²) in [7, 11) is 0. The van der Waals surface area contributed by atoms with Gasteiger partial charge >= 0.3 is 5.97 Å². The molecule has 0 amide bonds. The average Bonchev–Trinajstić information content (AvgIpc) is 2.47. The number of aryl methyl sites for hydroxylation is 1. The van der Waals surface area contributed by atoms with Crippen LogP contribution in [0, 0.1) is 6.92 Å². The van der Waals surface area contributed by atoms with Crippen LogP contribution in [0.3, 0.4) is 0 Å². The molecule has 0 atom stereocenters. The van der Waals surface area contributed by atoms with Gasteiger partial charge in [-0.25, -0.2) is 4.79 Å². The van der Waals surface area contributed by atoms with Crippen LogP contribution in [-0.4, -0.2) is 11.8 Å². The van der Waals surface area contributed by atoms with E-state index in [9.17, 15) is 9.59 Å². The molecule has 21 heavy (non-hydrogen) atoms. The van der Waals surface area contributed by atoms with Crippen molar-refractivity contribution < 1.29 is 14.3 Å². The zero-order chi connectivity index (χ0) is 15.2. The molecule has 0 spiro atoms. The SMILES string of the molecule is CC(=O)c1ccc(OC(=O)C=Cc2ccc(C)cc2)cc1. The highest BCUT2D eigenvalue weighted by Crippen LogP contribution is 2.13. The molecule has 3 nitrogen and oxygen atoms in total. The Hall–Kier alpha value is -2.68. The maximum atomic E-state index is 11.7. The first-order chi connectivity index (χ1) is 10.0. The number of carbonyl (C=O) groups excluding carboxylic acids is 2. The van der Waals surface area contributed by atoms with Crippen LogP contribution in [0.1, 0.15) is 28.4 Å². The van der Waals surface area contributed by atoms with E-state index in [1.54, 1.807) is 30.3 Å². The van der Waals surface area contributed by atoms with Crippen molar-refractivity contribution in [3.05, 3.63) is 71.3 Å². The van der Waals surface area contributed by atoms with Crippen LogP contribution in [0.4, 0.5) is 0 Å². The van der Waals surface area contributed by atoms with Crippen LogP contribution in [0.25, 0.3) is 6.08 Å². The molecule has 106 valence electrons. The van der Waals surface area contributed by atoms with Crippen LogP contribution in [0.2, 0.25) is 0 Å². The predicted molar refractivity (Wildman–Crippen MR) is 82.3 cm³/mol. The number of ketones is 1. The molecule has 0 N–H and O–H groups in total. The summed E-state index contributed by atoms with van der Waals surface area (Å²) in [6.45, 7) is 3.50. The lowest BCUT2D eigenvalue weighted by molar-refractivity contribution is -0.128. The van der Waals surface area contributed by atoms with Gasteiger partial charge in [-0.15, -0.1) is 0 Å². The summed E-state index contributed by atoms with van der Waals surface area (Å²) >= 11 is 0. The molecule has 0 aliphatic heterocycles. The number of esters is 1. The first-order valence-electron chi connectivity index (χ1n) is 6.62. The summed E-state index contributed by atoms with van der Waals surface area (Å²) < 4.78 is 5.16. The molecule has 0 aliphatic rings. The number of carbonyl (C=O) groups is 2. The van der Waals surface area contributed by atoms with Crippen molar-refractivity contribution in [3.63, 3.8) is 0 Å². The third-order valence-corrected chi connectivity index (χ3v) is 2.97. The van der Waals surface area contributed by atoms with Gasteiger partial charge in [0.25, 0.3) is 0 Å². The van der Waals surface area contributed by atoms with Crippen molar-refractivity contribution in [1.29, 1.82) is 0 Å². The minimum atomic E-state index is -0.453. The topological polar surface area (TPSA) is 43.4 Å². The molecule has 2 aromatic rings. The lowest BCUT2D eigenvalue weighted by Crippen LogP contribution is -2.03. The van der Waals surface area contributed by atoms with Crippen LogP contribution in [0.15, 0.2) is 54.6 Å². The molecule has 0 radical (unpaired) electrons. The van der Waals surface area contributed by atoms with Crippen LogP contribution < -0.4 is 4.74 Å². The molecule has 0 heterocycles. The lowest BCUT2D eigenvalue weighted by atomic mass is 10.1. The van der Waals surface area contributed by atoms with Crippen molar-refractivity contribution in [2.45, 2.75) is 13.8 Å². The number of Topliss-reactive ketones (excluding diaryl/α,β-unsaturated/α-hetero) is 1. The lowest BCUT2D eigenvalue weighted by Gasteiger charge is -2.02. The van der Waals surface area contributed by atoms with E-state index in [4.69, 9.17) is 4.74 Å². The van der Waals surface area contributed by atoms with Gasteiger partial charge < -0.3 is 4.74 Å². The van der Waals surface area contributed by atoms with Gasteiger partial charge in [-0.3, -0.25) is 4.79 Å². The molecule has 0 unspecified atom stereocenters. The van der Waals surface area contributed by atoms with Gasteiger partial charge in [-0.2, -0.15) is 0 Å². The third-order valence-electron chi connectivity index (χ3n) is 2.97. The van der Waals surface area contributed by atoms with E-state index in [1.807, 2.05) is 31.2 Å². The van der Waals surface area contributed by atoms with Crippen molar-refractivity contribution in [2.75, 3.05) is 0 Å². The average molecular weight is 280 g/mol. The fraction of sp³-hybridized carbons (Fsp3) is 0.111. The van der Waals surface area contributed by atoms with Crippen molar-refractivity contribution in [1.82, 2.24) is 0 Å². The molecule has 0 saturated carbocycles. The van der Waals surface area contributed by atoms with Gasteiger partial charge in [0.15, 0.2) is 5.78 Å². The summed E-state index contributed by atoms with van der Waals surface area (Å²) in [5.41, 5.74) is 2.69. The first kappa shape index (κ1) is 14.7. The quantitative estimate of drug-likeness (QED) is 0.370. The van der Waals surface area contributed by atoms with Crippen LogP contribution >= 0.6 is 0 Å². The molecule has 2 aromatic carbocycles. The molecular weight excluding hydrogens is 264 g/mol. The number of hydrogen-bond donors (Lipinski definition) is 0. The van der Waals surface area contributed by atoms with Crippen molar-refractivity contribution >= 4 is 17.8 Å². The van der Waals surface area contributed by atoms with E-state index < -0.39 is 5.97 Å². The third kappa shape index (κ3) is 4.42. The Morgan fingerprint density at radius 2 is 1.57 bits per heavy atom. The second-order valence-corrected chi connectivity index (χ2v) is 4.75. The normalized spacial score (nSPS) is 10.6. The molecule has 0 aromatic heterocycles. The number of benzene rings is 2. The first-order valence-corrected chi connectivity index (χ1v) is 6.62. The fourth-order valence-corrected chi connectivity index (χ4v) is 1.75. The number of hydrogen-bond acceptors (Lipinski definition) is 3. The van der Waals surface area contributed by atoms with E-state index in [0.717, 1.165) is 5.56 Å². The van der Waals surface area contributed by atoms with E-state index in [2.05, 4.69) is 0 Å². The Kier molecular flexibility index (Phi) is 4.67. The molecule has 0 saturated heterocycles. The Balaban J connectivity index is 1.98. The summed E-state index contributed by atoms with van der Waals surface area (Å²) in [6, 6.07) is 14.3. The Labute approximate surface area is 123 Å². The zero-order valence-electron chi connectivity index (χ0n) is 12.0. The summed E-state index contributed by atoms with van der Waals surface area (Å²) in [4.78, 5) is 22.8. The molecule has 3 heteroatoms. The minimum Gasteiger partial charge on any atom is -0.423 e. The van der Waals surface area contributed by atoms with Gasteiger partial charge in [-0.05, 0) is 49.8 Å². The molecule has 0 bridgehead atoms. The van der Waals surface area contributed by atoms with E-state index >= 15 is 0 Å². The largest absolute Gasteiger partial charge is 0.423 e. The molecule has 0 fully saturated rings. The van der Waals surface area contributed by atoms with Crippen molar-refractivity contribution in [2.24, 2.45) is 0 Å². The van der Waals surface area contributed by atoms with Gasteiger partial charge in [0.1, 0.15) is 5.75 Å². The Morgan fingerprint density at radius 1 is 0.952 bits per heavy atom. The zero-order valence-corrected chi connectivity index (χ0v) is 12.0. The second kappa shape index (κ2) is 6.66. The highest BCUT2D eigenvalue weighted by Gasteiger charge is 2.02. The van der Waals surface area contributed by atoms with Gasteiger partial charge in [0.2, 0.25) is 0 Å². The van der Waals surface area contributed by atoms with E-state index in [1.165, 1.54) is 18.6 Å². The number of ether oxygens (including phenoxy) is 1. The molecular formula is C18H16O3. The maximum Gasteiger partial charge on any atom is 0.336 e. The number of rotatable bonds is 4. The van der Waals surface area contributed by atoms with E-state index in [0.29, 0.717) is 11.3 Å². The highest BCUT2D eigenvalue weighted by molar-refractivity contribution is 5.94. The summed E-state index contributed by atoms with van der Waals surface area (Å²) in [5.74, 6) is -0.0585.